The molecular formula is C52H32O. The van der Waals surface area contributed by atoms with Crippen LogP contribution in [0.3, 0.4) is 0 Å². The normalized spacial score (nSPS) is 11.8. The minimum Gasteiger partial charge on any atom is -0.456 e. The zero-order chi connectivity index (χ0) is 34.9. The van der Waals surface area contributed by atoms with Crippen LogP contribution >= 0.6 is 0 Å². The molecule has 0 spiro atoms. The monoisotopic (exact) mass is 672 g/mol. The van der Waals surface area contributed by atoms with Crippen molar-refractivity contribution in [3.8, 4) is 44.5 Å². The van der Waals surface area contributed by atoms with Gasteiger partial charge in [-0.3, -0.25) is 0 Å². The first kappa shape index (κ1) is 29.7. The molecule has 53 heavy (non-hydrogen) atoms. The maximum atomic E-state index is 6.19. The second kappa shape index (κ2) is 11.8. The third kappa shape index (κ3) is 4.79. The zero-order valence-corrected chi connectivity index (χ0v) is 28.9. The zero-order valence-electron chi connectivity index (χ0n) is 28.9. The first-order valence-corrected chi connectivity index (χ1v) is 18.2. The molecule has 0 aliphatic heterocycles. The molecule has 0 N–H and O–H groups in total. The van der Waals surface area contributed by atoms with E-state index in [2.05, 4.69) is 182 Å². The van der Waals surface area contributed by atoms with Crippen molar-refractivity contribution in [1.29, 1.82) is 0 Å². The Kier molecular flexibility index (Phi) is 6.62. The van der Waals surface area contributed by atoms with E-state index in [9.17, 15) is 0 Å². The summed E-state index contributed by atoms with van der Waals surface area (Å²) in [5, 5.41) is 12.3. The van der Waals surface area contributed by atoms with E-state index < -0.39 is 0 Å². The molecule has 1 heterocycles. The Morgan fingerprint density at radius 3 is 1.47 bits per heavy atom. The van der Waals surface area contributed by atoms with Crippen LogP contribution < -0.4 is 0 Å². The number of hydrogen-bond acceptors (Lipinski definition) is 1. The Bertz CT molecular complexity index is 3160. The van der Waals surface area contributed by atoms with E-state index >= 15 is 0 Å². The highest BCUT2D eigenvalue weighted by molar-refractivity contribution is 6.24. The molecule has 10 aromatic carbocycles. The predicted octanol–water partition coefficient (Wildman–Crippen LogP) is 14.9. The molecule has 246 valence electrons. The van der Waals surface area contributed by atoms with Crippen molar-refractivity contribution >= 4 is 65.0 Å². The number of hydrogen-bond donors (Lipinski definition) is 0. The molecule has 0 aliphatic rings. The summed E-state index contributed by atoms with van der Waals surface area (Å²) < 4.78 is 6.19. The molecule has 0 bridgehead atoms. The average Bonchev–Trinajstić information content (AvgIpc) is 3.60. The van der Waals surface area contributed by atoms with E-state index in [0.29, 0.717) is 0 Å². The molecule has 0 amide bonds. The molecule has 0 fully saturated rings. The van der Waals surface area contributed by atoms with Gasteiger partial charge in [-0.1, -0.05) is 158 Å². The Morgan fingerprint density at radius 1 is 0.245 bits per heavy atom. The Labute approximate surface area is 307 Å². The summed E-state index contributed by atoms with van der Waals surface area (Å²) in [5.41, 5.74) is 11.6. The average molecular weight is 673 g/mol. The van der Waals surface area contributed by atoms with E-state index in [1.165, 1.54) is 87.6 Å². The van der Waals surface area contributed by atoms with E-state index in [1.54, 1.807) is 0 Å². The van der Waals surface area contributed by atoms with E-state index in [4.69, 9.17) is 4.42 Å². The highest BCUT2D eigenvalue weighted by atomic mass is 16.3. The van der Waals surface area contributed by atoms with Gasteiger partial charge in [0.25, 0.3) is 0 Å². The molecule has 1 heteroatoms. The molecule has 0 atom stereocenters. The number of para-hydroxylation sites is 1. The van der Waals surface area contributed by atoms with Gasteiger partial charge < -0.3 is 4.42 Å². The minimum atomic E-state index is 0.911. The first-order valence-electron chi connectivity index (χ1n) is 18.2. The van der Waals surface area contributed by atoms with Crippen molar-refractivity contribution < 1.29 is 4.42 Å². The summed E-state index contributed by atoms with van der Waals surface area (Å²) in [5.74, 6) is 0. The summed E-state index contributed by atoms with van der Waals surface area (Å²) >= 11 is 0. The lowest BCUT2D eigenvalue weighted by atomic mass is 9.83. The maximum absolute atomic E-state index is 6.19. The number of benzene rings is 10. The summed E-state index contributed by atoms with van der Waals surface area (Å²) in [6.45, 7) is 0. The van der Waals surface area contributed by atoms with Gasteiger partial charge in [-0.05, 0) is 124 Å². The van der Waals surface area contributed by atoms with Crippen molar-refractivity contribution in [2.24, 2.45) is 0 Å². The Morgan fingerprint density at radius 2 is 0.736 bits per heavy atom. The molecule has 1 aromatic heterocycles. The van der Waals surface area contributed by atoms with E-state index in [1.807, 2.05) is 12.1 Å². The van der Waals surface area contributed by atoms with Crippen LogP contribution in [0.2, 0.25) is 0 Å². The highest BCUT2D eigenvalue weighted by Gasteiger charge is 2.19. The molecule has 0 saturated carbocycles. The first-order chi connectivity index (χ1) is 26.3. The smallest absolute Gasteiger partial charge is 0.135 e. The van der Waals surface area contributed by atoms with Crippen LogP contribution in [0.5, 0.6) is 0 Å². The molecule has 0 saturated heterocycles. The fourth-order valence-electron chi connectivity index (χ4n) is 8.52. The largest absolute Gasteiger partial charge is 0.456 e. The number of fused-ring (bicyclic) bond motifs is 7. The predicted molar refractivity (Wildman–Crippen MR) is 225 cm³/mol. The third-order valence-electron chi connectivity index (χ3n) is 11.0. The van der Waals surface area contributed by atoms with Crippen LogP contribution in [0.25, 0.3) is 110 Å². The minimum absolute atomic E-state index is 0.911. The number of furan rings is 1. The number of rotatable bonds is 4. The SMILES string of the molecule is c1ccc2cc(-c3ccc(-c4c5ccccc5c(-c5cc(-c6ccc7oc8ccccc8c7c6)cc6ccccc56)c5ccccc45)cc3)ccc2c1. The fraction of sp³-hybridized carbons (Fsp3) is 0. The van der Waals surface area contributed by atoms with Gasteiger partial charge in [-0.25, -0.2) is 0 Å². The van der Waals surface area contributed by atoms with Crippen LogP contribution in [0.4, 0.5) is 0 Å². The van der Waals surface area contributed by atoms with Crippen LogP contribution in [0, 0.1) is 0 Å². The van der Waals surface area contributed by atoms with Crippen LogP contribution in [-0.4, -0.2) is 0 Å². The van der Waals surface area contributed by atoms with Gasteiger partial charge in [0.1, 0.15) is 11.2 Å². The standard InChI is InChI=1S/C52H32O/c1-2-12-36-29-37(26-23-33(36)11-1)34-21-24-35(25-22-34)51-43-16-5-7-18-45(43)52(46-19-8-6-17-44(46)51)48-32-40(30-39-13-3-4-14-41(39)48)38-27-28-50-47(31-38)42-15-9-10-20-49(42)53-50/h1-32H. The summed E-state index contributed by atoms with van der Waals surface area (Å²) in [6, 6.07) is 70.8. The fourth-order valence-corrected chi connectivity index (χ4v) is 8.52. The second-order valence-electron chi connectivity index (χ2n) is 14.0. The maximum Gasteiger partial charge on any atom is 0.135 e. The molecule has 0 radical (unpaired) electrons. The summed E-state index contributed by atoms with van der Waals surface area (Å²) in [4.78, 5) is 0. The van der Waals surface area contributed by atoms with Crippen molar-refractivity contribution in [2.75, 3.05) is 0 Å². The van der Waals surface area contributed by atoms with Gasteiger partial charge in [0.2, 0.25) is 0 Å². The van der Waals surface area contributed by atoms with Gasteiger partial charge in [-0.15, -0.1) is 0 Å². The van der Waals surface area contributed by atoms with Crippen LogP contribution in [0.15, 0.2) is 199 Å². The lowest BCUT2D eigenvalue weighted by Gasteiger charge is -2.20. The molecular weight excluding hydrogens is 641 g/mol. The van der Waals surface area contributed by atoms with Gasteiger partial charge in [-0.2, -0.15) is 0 Å². The molecule has 0 unspecified atom stereocenters. The molecule has 11 aromatic rings. The molecule has 11 rings (SSSR count). The van der Waals surface area contributed by atoms with E-state index in [0.717, 1.165) is 21.9 Å². The van der Waals surface area contributed by atoms with Crippen LogP contribution in [-0.2, 0) is 0 Å². The Balaban J connectivity index is 1.12. The lowest BCUT2D eigenvalue weighted by molar-refractivity contribution is 0.669. The lowest BCUT2D eigenvalue weighted by Crippen LogP contribution is -1.92. The van der Waals surface area contributed by atoms with Crippen molar-refractivity contribution in [3.63, 3.8) is 0 Å². The quantitative estimate of drug-likeness (QED) is 0.170. The summed E-state index contributed by atoms with van der Waals surface area (Å²) in [7, 11) is 0. The van der Waals surface area contributed by atoms with Gasteiger partial charge >= 0.3 is 0 Å². The van der Waals surface area contributed by atoms with Gasteiger partial charge in [0.05, 0.1) is 0 Å². The van der Waals surface area contributed by atoms with Gasteiger partial charge in [0, 0.05) is 10.8 Å². The third-order valence-corrected chi connectivity index (χ3v) is 11.0. The molecule has 1 nitrogen and oxygen atoms in total. The molecule has 0 aliphatic carbocycles. The van der Waals surface area contributed by atoms with E-state index in [-0.39, 0.29) is 0 Å². The summed E-state index contributed by atoms with van der Waals surface area (Å²) in [6.07, 6.45) is 0. The van der Waals surface area contributed by atoms with Crippen molar-refractivity contribution in [1.82, 2.24) is 0 Å². The Hall–Kier alpha value is -6.96. The van der Waals surface area contributed by atoms with Crippen molar-refractivity contribution in [2.45, 2.75) is 0 Å². The second-order valence-corrected chi connectivity index (χ2v) is 14.0. The van der Waals surface area contributed by atoms with Crippen LogP contribution in [0.1, 0.15) is 0 Å². The topological polar surface area (TPSA) is 13.1 Å². The van der Waals surface area contributed by atoms with Crippen molar-refractivity contribution in [3.05, 3.63) is 194 Å². The highest BCUT2D eigenvalue weighted by Crippen LogP contribution is 2.47. The van der Waals surface area contributed by atoms with Gasteiger partial charge in [0.15, 0.2) is 0 Å².